The second kappa shape index (κ2) is 9.46. The number of likely N-dealkylation sites (tertiary alicyclic amines) is 1. The van der Waals surface area contributed by atoms with Crippen molar-refractivity contribution in [1.29, 1.82) is 0 Å². The van der Waals surface area contributed by atoms with Crippen molar-refractivity contribution in [2.75, 3.05) is 24.6 Å². The van der Waals surface area contributed by atoms with Gasteiger partial charge in [0.05, 0.1) is 5.69 Å². The molecule has 0 radical (unpaired) electrons. The number of hydrogen-bond donors (Lipinski definition) is 1. The first-order valence-corrected chi connectivity index (χ1v) is 11.2. The van der Waals surface area contributed by atoms with E-state index in [4.69, 9.17) is 9.15 Å². The van der Waals surface area contributed by atoms with Gasteiger partial charge in [-0.1, -0.05) is 42.5 Å². The van der Waals surface area contributed by atoms with E-state index in [0.29, 0.717) is 17.3 Å². The Bertz CT molecular complexity index is 1120. The molecule has 33 heavy (non-hydrogen) atoms. The van der Waals surface area contributed by atoms with Crippen molar-refractivity contribution in [3.63, 3.8) is 0 Å². The van der Waals surface area contributed by atoms with Gasteiger partial charge in [0, 0.05) is 25.7 Å². The number of hydrogen-bond acceptors (Lipinski definition) is 6. The Balaban J connectivity index is 1.15. The summed E-state index contributed by atoms with van der Waals surface area (Å²) in [7, 11) is 0. The lowest BCUT2D eigenvalue weighted by molar-refractivity contribution is -0.121. The zero-order chi connectivity index (χ0) is 22.6. The molecule has 8 heteroatoms. The van der Waals surface area contributed by atoms with Crippen LogP contribution in [0.2, 0.25) is 0 Å². The molecule has 3 heterocycles. The highest BCUT2D eigenvalue weighted by Gasteiger charge is 2.27. The fourth-order valence-electron chi connectivity index (χ4n) is 4.29. The fourth-order valence-corrected chi connectivity index (χ4v) is 4.29. The Morgan fingerprint density at radius 2 is 1.79 bits per heavy atom. The minimum atomic E-state index is -0.250. The van der Waals surface area contributed by atoms with Gasteiger partial charge in [-0.05, 0) is 30.5 Å². The van der Waals surface area contributed by atoms with E-state index in [1.807, 2.05) is 30.3 Å². The van der Waals surface area contributed by atoms with Crippen LogP contribution in [0.5, 0.6) is 5.75 Å². The molecule has 1 aromatic heterocycles. The number of aromatic nitrogens is 1. The Kier molecular flexibility index (Phi) is 6.08. The van der Waals surface area contributed by atoms with Crippen LogP contribution in [0.15, 0.2) is 65.3 Å². The number of carbonyl (C=O) groups excluding carboxylic acids is 2. The molecule has 0 atom stereocenters. The predicted molar refractivity (Wildman–Crippen MR) is 122 cm³/mol. The lowest BCUT2D eigenvalue weighted by atomic mass is 10.0. The molecule has 3 aromatic rings. The van der Waals surface area contributed by atoms with Gasteiger partial charge in [0.2, 0.25) is 5.89 Å². The number of nitrogens with one attached hydrogen (secondary N) is 1. The molecule has 1 N–H and O–H groups in total. The summed E-state index contributed by atoms with van der Waals surface area (Å²) >= 11 is 0. The van der Waals surface area contributed by atoms with Crippen molar-refractivity contribution in [1.82, 2.24) is 15.2 Å². The van der Waals surface area contributed by atoms with Gasteiger partial charge in [-0.2, -0.15) is 0 Å². The van der Waals surface area contributed by atoms with Gasteiger partial charge in [0.15, 0.2) is 12.3 Å². The molecule has 2 aliphatic rings. The number of carbonyl (C=O) groups is 2. The molecule has 0 saturated carbocycles. The number of benzene rings is 2. The maximum atomic E-state index is 12.7. The molecule has 0 spiro atoms. The second-order valence-corrected chi connectivity index (χ2v) is 8.37. The molecule has 0 unspecified atom stereocenters. The molecular formula is C25H26N4O4. The van der Waals surface area contributed by atoms with Crippen LogP contribution in [-0.4, -0.2) is 47.4 Å². The van der Waals surface area contributed by atoms with E-state index < -0.39 is 0 Å². The quantitative estimate of drug-likeness (QED) is 0.626. The van der Waals surface area contributed by atoms with E-state index in [1.165, 1.54) is 11.8 Å². The summed E-state index contributed by atoms with van der Waals surface area (Å²) in [4.78, 5) is 33.4. The number of anilines is 1. The van der Waals surface area contributed by atoms with Crippen LogP contribution in [-0.2, 0) is 17.9 Å². The lowest BCUT2D eigenvalue weighted by Gasteiger charge is -2.32. The molecule has 2 aliphatic heterocycles. The highest BCUT2D eigenvalue weighted by molar-refractivity contribution is 5.97. The smallest absolute Gasteiger partial charge is 0.273 e. The standard InChI is InChI=1S/C25H26N4O4/c30-24-17-32-22-9-5-4-8-21(22)29(24)15-23-27-20(16-33-23)25(31)26-19-10-12-28(13-11-19)14-18-6-2-1-3-7-18/h1-9,16,19H,10-15,17H2,(H,26,31). The van der Waals surface area contributed by atoms with E-state index >= 15 is 0 Å². The zero-order valence-corrected chi connectivity index (χ0v) is 18.3. The number of ether oxygens (including phenoxy) is 1. The van der Waals surface area contributed by atoms with E-state index in [2.05, 4.69) is 39.5 Å². The summed E-state index contributed by atoms with van der Waals surface area (Å²) in [6.45, 7) is 2.90. The number of rotatable bonds is 6. The number of piperidine rings is 1. The van der Waals surface area contributed by atoms with Gasteiger partial charge in [0.1, 0.15) is 18.6 Å². The molecule has 0 aliphatic carbocycles. The highest BCUT2D eigenvalue weighted by atomic mass is 16.5. The van der Waals surface area contributed by atoms with Crippen molar-refractivity contribution in [2.45, 2.75) is 32.0 Å². The van der Waals surface area contributed by atoms with Crippen LogP contribution in [0, 0.1) is 0 Å². The van der Waals surface area contributed by atoms with E-state index in [0.717, 1.165) is 32.5 Å². The first kappa shape index (κ1) is 21.2. The summed E-state index contributed by atoms with van der Waals surface area (Å²) < 4.78 is 11.0. The topological polar surface area (TPSA) is 87.9 Å². The molecular weight excluding hydrogens is 420 g/mol. The van der Waals surface area contributed by atoms with Crippen LogP contribution in [0.25, 0.3) is 0 Å². The van der Waals surface area contributed by atoms with Gasteiger partial charge in [-0.15, -0.1) is 0 Å². The molecule has 0 bridgehead atoms. The molecule has 1 fully saturated rings. The van der Waals surface area contributed by atoms with Crippen molar-refractivity contribution in [3.05, 3.63) is 78.0 Å². The van der Waals surface area contributed by atoms with E-state index in [-0.39, 0.29) is 36.7 Å². The number of fused-ring (bicyclic) bond motifs is 1. The third-order valence-electron chi connectivity index (χ3n) is 6.06. The molecule has 2 aromatic carbocycles. The number of para-hydroxylation sites is 2. The summed E-state index contributed by atoms with van der Waals surface area (Å²) in [5.41, 5.74) is 2.20. The van der Waals surface area contributed by atoms with Crippen LogP contribution in [0.1, 0.15) is 34.8 Å². The Labute approximate surface area is 192 Å². The summed E-state index contributed by atoms with van der Waals surface area (Å²) in [6.07, 6.45) is 3.14. The van der Waals surface area contributed by atoms with Gasteiger partial charge >= 0.3 is 0 Å². The Morgan fingerprint density at radius 3 is 2.61 bits per heavy atom. The van der Waals surface area contributed by atoms with Gasteiger partial charge < -0.3 is 14.5 Å². The Hall–Kier alpha value is -3.65. The third kappa shape index (κ3) is 4.90. The second-order valence-electron chi connectivity index (χ2n) is 8.37. The van der Waals surface area contributed by atoms with Gasteiger partial charge in [-0.25, -0.2) is 4.98 Å². The molecule has 170 valence electrons. The van der Waals surface area contributed by atoms with Crippen LogP contribution >= 0.6 is 0 Å². The summed E-state index contributed by atoms with van der Waals surface area (Å²) in [5, 5.41) is 3.07. The summed E-state index contributed by atoms with van der Waals surface area (Å²) in [5.74, 6) is 0.517. The number of amides is 2. The molecule has 8 nitrogen and oxygen atoms in total. The number of nitrogens with zero attached hydrogens (tertiary/aromatic N) is 3. The fraction of sp³-hybridized carbons (Fsp3) is 0.320. The molecule has 1 saturated heterocycles. The molecule has 5 rings (SSSR count). The monoisotopic (exact) mass is 446 g/mol. The average Bonchev–Trinajstić information content (AvgIpc) is 3.32. The average molecular weight is 447 g/mol. The first-order chi connectivity index (χ1) is 16.2. The highest BCUT2D eigenvalue weighted by Crippen LogP contribution is 2.32. The first-order valence-electron chi connectivity index (χ1n) is 11.2. The maximum absolute atomic E-state index is 12.7. The van der Waals surface area contributed by atoms with E-state index in [1.54, 1.807) is 4.90 Å². The molecule has 2 amide bonds. The lowest BCUT2D eigenvalue weighted by Crippen LogP contribution is -2.44. The van der Waals surface area contributed by atoms with Crippen LogP contribution < -0.4 is 15.0 Å². The minimum absolute atomic E-state index is 0.0337. The largest absolute Gasteiger partial charge is 0.482 e. The van der Waals surface area contributed by atoms with Crippen molar-refractivity contribution >= 4 is 17.5 Å². The van der Waals surface area contributed by atoms with Gasteiger partial charge in [-0.3, -0.25) is 19.4 Å². The van der Waals surface area contributed by atoms with Crippen molar-refractivity contribution in [2.24, 2.45) is 0 Å². The van der Waals surface area contributed by atoms with Crippen LogP contribution in [0.3, 0.4) is 0 Å². The number of oxazole rings is 1. The SMILES string of the molecule is O=C(NC1CCN(Cc2ccccc2)CC1)c1coc(CN2C(=O)COc3ccccc32)n1. The van der Waals surface area contributed by atoms with Crippen molar-refractivity contribution < 1.29 is 18.7 Å². The van der Waals surface area contributed by atoms with Gasteiger partial charge in [0.25, 0.3) is 11.8 Å². The predicted octanol–water partition coefficient (Wildman–Crippen LogP) is 2.99. The summed E-state index contributed by atoms with van der Waals surface area (Å²) in [6, 6.07) is 17.8. The van der Waals surface area contributed by atoms with Crippen molar-refractivity contribution in [3.8, 4) is 5.75 Å². The Morgan fingerprint density at radius 1 is 1.03 bits per heavy atom. The van der Waals surface area contributed by atoms with E-state index in [9.17, 15) is 9.59 Å². The zero-order valence-electron chi connectivity index (χ0n) is 18.3. The third-order valence-corrected chi connectivity index (χ3v) is 6.06. The normalized spacial score (nSPS) is 16.8. The maximum Gasteiger partial charge on any atom is 0.273 e. The minimum Gasteiger partial charge on any atom is -0.482 e. The van der Waals surface area contributed by atoms with Crippen LogP contribution in [0.4, 0.5) is 5.69 Å².